The van der Waals surface area contributed by atoms with Gasteiger partial charge in [0.2, 0.25) is 0 Å². The highest BCUT2D eigenvalue weighted by Crippen LogP contribution is 2.28. The number of hydrogen-bond donors (Lipinski definition) is 2. The molecule has 0 unspecified atom stereocenters. The van der Waals surface area contributed by atoms with E-state index in [2.05, 4.69) is 4.90 Å². The fraction of sp³-hybridized carbons (Fsp3) is 0.522. The summed E-state index contributed by atoms with van der Waals surface area (Å²) in [6.07, 6.45) is 7.84. The van der Waals surface area contributed by atoms with E-state index in [1.54, 1.807) is 7.11 Å². The predicted molar refractivity (Wildman–Crippen MR) is 116 cm³/mol. The van der Waals surface area contributed by atoms with Gasteiger partial charge in [0.25, 0.3) is 5.91 Å². The van der Waals surface area contributed by atoms with Crippen molar-refractivity contribution in [2.75, 3.05) is 27.2 Å². The molecule has 1 amide bonds. The average Bonchev–Trinajstić information content (AvgIpc) is 3.23. The first-order valence-electron chi connectivity index (χ1n) is 10.6. The Morgan fingerprint density at radius 3 is 2.10 bits per heavy atom. The number of carboxylic acid groups (broad SMARTS) is 2. The molecule has 1 aromatic carbocycles. The van der Waals surface area contributed by atoms with E-state index in [1.165, 1.54) is 32.1 Å². The van der Waals surface area contributed by atoms with Gasteiger partial charge in [-0.2, -0.15) is 0 Å². The number of methoxy groups -OCH3 is 1. The lowest BCUT2D eigenvalue weighted by atomic mass is 9.94. The molecule has 0 spiro atoms. The van der Waals surface area contributed by atoms with E-state index in [0.717, 1.165) is 18.7 Å². The number of carbonyl (C=O) groups is 3. The zero-order valence-electron chi connectivity index (χ0n) is 18.1. The Labute approximate surface area is 183 Å². The van der Waals surface area contributed by atoms with Gasteiger partial charge in [0.1, 0.15) is 0 Å². The highest BCUT2D eigenvalue weighted by atomic mass is 16.5. The van der Waals surface area contributed by atoms with Crippen molar-refractivity contribution in [3.05, 3.63) is 48.0 Å². The molecule has 8 nitrogen and oxygen atoms in total. The SMILES string of the molecule is CO[C@@H]1CN(C2CCCCC2)C[C@H]1N(C)C(=O)c1ccccc1.O=C(O)C=CC(=O)O. The lowest BCUT2D eigenvalue weighted by Gasteiger charge is -2.31. The van der Waals surface area contributed by atoms with Crippen molar-refractivity contribution in [1.29, 1.82) is 0 Å². The minimum Gasteiger partial charge on any atom is -0.478 e. The highest BCUT2D eigenvalue weighted by molar-refractivity contribution is 5.94. The van der Waals surface area contributed by atoms with Crippen LogP contribution in [0.2, 0.25) is 0 Å². The molecule has 0 aromatic heterocycles. The second kappa shape index (κ2) is 12.2. The molecule has 2 N–H and O–H groups in total. The highest BCUT2D eigenvalue weighted by Gasteiger charge is 2.40. The average molecular weight is 433 g/mol. The predicted octanol–water partition coefficient (Wildman–Crippen LogP) is 2.50. The monoisotopic (exact) mass is 432 g/mol. The number of aliphatic carboxylic acids is 2. The summed E-state index contributed by atoms with van der Waals surface area (Å²) in [4.78, 5) is 36.3. The van der Waals surface area contributed by atoms with Gasteiger partial charge < -0.3 is 19.8 Å². The Morgan fingerprint density at radius 2 is 1.58 bits per heavy atom. The van der Waals surface area contributed by atoms with E-state index in [1.807, 2.05) is 42.3 Å². The van der Waals surface area contributed by atoms with Crippen LogP contribution >= 0.6 is 0 Å². The van der Waals surface area contributed by atoms with E-state index in [-0.39, 0.29) is 18.1 Å². The lowest BCUT2D eigenvalue weighted by Crippen LogP contribution is -2.45. The standard InChI is InChI=1S/C19H28N2O2.C4H4O4/c1-20(19(22)15-9-5-3-6-10-15)17-13-21(14-18(17)23-2)16-11-7-4-8-12-16;5-3(6)1-2-4(7)8/h3,5-6,9-10,16-18H,4,7-8,11-14H2,1-2H3;1-2H,(H,5,6)(H,7,8)/t17-,18-;/m1./s1. The van der Waals surface area contributed by atoms with Crippen LogP contribution in [0.25, 0.3) is 0 Å². The molecule has 0 bridgehead atoms. The van der Waals surface area contributed by atoms with Gasteiger partial charge in [-0.05, 0) is 25.0 Å². The Morgan fingerprint density at radius 1 is 1.00 bits per heavy atom. The van der Waals surface area contributed by atoms with Crippen molar-refractivity contribution in [2.24, 2.45) is 0 Å². The number of likely N-dealkylation sites (N-methyl/N-ethyl adjacent to an activating group) is 1. The second-order valence-corrected chi connectivity index (χ2v) is 7.88. The molecule has 0 radical (unpaired) electrons. The van der Waals surface area contributed by atoms with E-state index < -0.39 is 11.9 Å². The van der Waals surface area contributed by atoms with E-state index in [0.29, 0.717) is 18.2 Å². The summed E-state index contributed by atoms with van der Waals surface area (Å²) in [5.74, 6) is -2.43. The van der Waals surface area contributed by atoms with Gasteiger partial charge in [-0.15, -0.1) is 0 Å². The number of rotatable bonds is 6. The topological polar surface area (TPSA) is 107 Å². The zero-order valence-corrected chi connectivity index (χ0v) is 18.1. The van der Waals surface area contributed by atoms with E-state index in [9.17, 15) is 14.4 Å². The molecule has 1 saturated heterocycles. The molecule has 170 valence electrons. The molecule has 2 aliphatic rings. The Balaban J connectivity index is 0.000000366. The maximum absolute atomic E-state index is 12.7. The third-order valence-electron chi connectivity index (χ3n) is 5.87. The minimum atomic E-state index is -1.26. The summed E-state index contributed by atoms with van der Waals surface area (Å²) in [5.41, 5.74) is 0.751. The van der Waals surface area contributed by atoms with Crippen molar-refractivity contribution in [3.63, 3.8) is 0 Å². The molecule has 8 heteroatoms. The first kappa shape index (κ1) is 24.6. The molecular weight excluding hydrogens is 400 g/mol. The first-order valence-corrected chi connectivity index (χ1v) is 10.6. The normalized spacial score (nSPS) is 22.0. The number of amides is 1. The first-order chi connectivity index (χ1) is 14.8. The third-order valence-corrected chi connectivity index (χ3v) is 5.87. The van der Waals surface area contributed by atoms with Crippen molar-refractivity contribution < 1.29 is 29.3 Å². The van der Waals surface area contributed by atoms with Crippen LogP contribution in [0.4, 0.5) is 0 Å². The van der Waals surface area contributed by atoms with Crippen LogP contribution in [0.1, 0.15) is 42.5 Å². The molecule has 1 aromatic rings. The molecule has 1 aliphatic carbocycles. The minimum absolute atomic E-state index is 0.0862. The molecule has 1 aliphatic heterocycles. The summed E-state index contributed by atoms with van der Waals surface area (Å²) in [6, 6.07) is 10.3. The number of nitrogens with zero attached hydrogens (tertiary/aromatic N) is 2. The maximum Gasteiger partial charge on any atom is 0.328 e. The zero-order chi connectivity index (χ0) is 22.8. The van der Waals surface area contributed by atoms with E-state index >= 15 is 0 Å². The van der Waals surface area contributed by atoms with Gasteiger partial charge in [-0.25, -0.2) is 9.59 Å². The summed E-state index contributed by atoms with van der Waals surface area (Å²) in [7, 11) is 3.68. The molecule has 2 atom stereocenters. The van der Waals surface area contributed by atoms with Crippen molar-refractivity contribution >= 4 is 17.8 Å². The fourth-order valence-electron chi connectivity index (χ4n) is 4.21. The Kier molecular flexibility index (Phi) is 9.68. The van der Waals surface area contributed by atoms with Crippen LogP contribution in [0.3, 0.4) is 0 Å². The quantitative estimate of drug-likeness (QED) is 0.665. The van der Waals surface area contributed by atoms with E-state index in [4.69, 9.17) is 14.9 Å². The number of carboxylic acids is 2. The van der Waals surface area contributed by atoms with Crippen LogP contribution in [0, 0.1) is 0 Å². The summed E-state index contributed by atoms with van der Waals surface area (Å²) < 4.78 is 5.72. The van der Waals surface area contributed by atoms with Gasteiger partial charge in [-0.3, -0.25) is 9.69 Å². The molecule has 2 fully saturated rings. The van der Waals surface area contributed by atoms with Gasteiger partial charge in [-0.1, -0.05) is 37.5 Å². The molecule has 1 saturated carbocycles. The number of likely N-dealkylation sites (tertiary alicyclic amines) is 1. The van der Waals surface area contributed by atoms with Gasteiger partial charge in [0, 0.05) is 51.0 Å². The summed E-state index contributed by atoms with van der Waals surface area (Å²) in [5, 5.41) is 15.6. The second-order valence-electron chi connectivity index (χ2n) is 7.88. The van der Waals surface area contributed by atoms with Gasteiger partial charge >= 0.3 is 11.9 Å². The molecule has 3 rings (SSSR count). The van der Waals surface area contributed by atoms with Crippen molar-refractivity contribution in [2.45, 2.75) is 50.3 Å². The number of ether oxygens (including phenoxy) is 1. The van der Waals surface area contributed by atoms with Gasteiger partial charge in [0.05, 0.1) is 12.1 Å². The number of carbonyl (C=O) groups excluding carboxylic acids is 1. The lowest BCUT2D eigenvalue weighted by molar-refractivity contribution is -0.134. The largest absolute Gasteiger partial charge is 0.478 e. The number of benzene rings is 1. The van der Waals surface area contributed by atoms with Crippen LogP contribution in [0.5, 0.6) is 0 Å². The van der Waals surface area contributed by atoms with Crippen molar-refractivity contribution in [3.8, 4) is 0 Å². The summed E-state index contributed by atoms with van der Waals surface area (Å²) >= 11 is 0. The Bertz CT molecular complexity index is 745. The van der Waals surface area contributed by atoms with Crippen LogP contribution < -0.4 is 0 Å². The van der Waals surface area contributed by atoms with Gasteiger partial charge in [0.15, 0.2) is 0 Å². The molecule has 31 heavy (non-hydrogen) atoms. The fourth-order valence-corrected chi connectivity index (χ4v) is 4.21. The van der Waals surface area contributed by atoms with Crippen LogP contribution in [-0.2, 0) is 14.3 Å². The van der Waals surface area contributed by atoms with Crippen LogP contribution in [0.15, 0.2) is 42.5 Å². The number of hydrogen-bond acceptors (Lipinski definition) is 5. The van der Waals surface area contributed by atoms with Crippen molar-refractivity contribution in [1.82, 2.24) is 9.80 Å². The van der Waals surface area contributed by atoms with Crippen LogP contribution in [-0.4, -0.2) is 83.3 Å². The molecule has 1 heterocycles. The Hall–Kier alpha value is -2.71. The smallest absolute Gasteiger partial charge is 0.328 e. The maximum atomic E-state index is 12.7. The summed E-state index contributed by atoms with van der Waals surface area (Å²) in [6.45, 7) is 1.87. The third kappa shape index (κ3) is 7.48. The molecular formula is C23H32N2O6.